The summed E-state index contributed by atoms with van der Waals surface area (Å²) in [5, 5.41) is -0.175. The standard InChI is InChI=1S/C14H21ClN4O4S2/c1-18(2)10-17-24(20,21)13-9-14(12(16)8-11(13)15)25(22,23)19-6-4-3-5-7-19/h8-10H,3-7,16H2,1-2H3/b17-10+. The summed E-state index contributed by atoms with van der Waals surface area (Å²) in [6, 6.07) is 2.13. The number of nitrogen functional groups attached to an aromatic ring is 1. The van der Waals surface area contributed by atoms with Crippen molar-refractivity contribution in [2.24, 2.45) is 4.40 Å². The molecule has 1 aliphatic heterocycles. The van der Waals surface area contributed by atoms with Gasteiger partial charge >= 0.3 is 0 Å². The number of nitrogens with zero attached hydrogens (tertiary/aromatic N) is 3. The van der Waals surface area contributed by atoms with E-state index < -0.39 is 24.9 Å². The van der Waals surface area contributed by atoms with Crippen LogP contribution >= 0.6 is 11.6 Å². The van der Waals surface area contributed by atoms with Crippen molar-refractivity contribution in [3.63, 3.8) is 0 Å². The van der Waals surface area contributed by atoms with Gasteiger partial charge in [-0.2, -0.15) is 12.7 Å². The molecule has 0 saturated carbocycles. The van der Waals surface area contributed by atoms with E-state index in [4.69, 9.17) is 17.3 Å². The van der Waals surface area contributed by atoms with Crippen molar-refractivity contribution in [1.29, 1.82) is 0 Å². The number of piperidine rings is 1. The molecular formula is C14H21ClN4O4S2. The van der Waals surface area contributed by atoms with E-state index in [-0.39, 0.29) is 15.6 Å². The lowest BCUT2D eigenvalue weighted by Gasteiger charge is -2.26. The lowest BCUT2D eigenvalue weighted by molar-refractivity contribution is 0.347. The molecule has 0 amide bonds. The van der Waals surface area contributed by atoms with Gasteiger partial charge in [-0.15, -0.1) is 4.40 Å². The summed E-state index contributed by atoms with van der Waals surface area (Å²) in [6.45, 7) is 0.760. The summed E-state index contributed by atoms with van der Waals surface area (Å²) < 4.78 is 55.2. The molecule has 1 fully saturated rings. The van der Waals surface area contributed by atoms with E-state index >= 15 is 0 Å². The Bertz CT molecular complexity index is 876. The highest BCUT2D eigenvalue weighted by atomic mass is 35.5. The Labute approximate surface area is 153 Å². The number of nitrogens with two attached hydrogens (primary N) is 1. The number of sulfonamides is 2. The van der Waals surface area contributed by atoms with Crippen LogP contribution in [0.25, 0.3) is 0 Å². The van der Waals surface area contributed by atoms with Crippen LogP contribution in [0.4, 0.5) is 5.69 Å². The fourth-order valence-corrected chi connectivity index (χ4v) is 5.61. The van der Waals surface area contributed by atoms with Gasteiger partial charge in [0.15, 0.2) is 0 Å². The molecule has 11 heteroatoms. The van der Waals surface area contributed by atoms with E-state index in [0.717, 1.165) is 37.7 Å². The molecule has 1 aromatic carbocycles. The van der Waals surface area contributed by atoms with Gasteiger partial charge in [-0.05, 0) is 25.0 Å². The summed E-state index contributed by atoms with van der Waals surface area (Å²) in [6.07, 6.45) is 3.57. The summed E-state index contributed by atoms with van der Waals surface area (Å²) in [5.74, 6) is 0. The summed E-state index contributed by atoms with van der Waals surface area (Å²) in [4.78, 5) is 0.781. The van der Waals surface area contributed by atoms with Gasteiger partial charge in [-0.3, -0.25) is 0 Å². The van der Waals surface area contributed by atoms with Gasteiger partial charge in [0.1, 0.15) is 16.1 Å². The third-order valence-corrected chi connectivity index (χ3v) is 7.34. The van der Waals surface area contributed by atoms with Crippen LogP contribution in [0.15, 0.2) is 26.3 Å². The number of halogens is 1. The molecule has 1 aliphatic rings. The van der Waals surface area contributed by atoms with Crippen molar-refractivity contribution in [3.8, 4) is 0 Å². The first kappa shape index (κ1) is 20.0. The minimum atomic E-state index is -4.16. The second-order valence-corrected chi connectivity index (χ2v) is 9.86. The predicted octanol–water partition coefficient (Wildman–Crippen LogP) is 1.38. The first-order chi connectivity index (χ1) is 11.6. The second kappa shape index (κ2) is 7.48. The largest absolute Gasteiger partial charge is 0.398 e. The molecule has 0 aliphatic carbocycles. The van der Waals surface area contributed by atoms with Crippen molar-refractivity contribution in [1.82, 2.24) is 9.21 Å². The molecular weight excluding hydrogens is 388 g/mol. The number of hydrogen-bond donors (Lipinski definition) is 1. The molecule has 0 aromatic heterocycles. The first-order valence-electron chi connectivity index (χ1n) is 7.62. The lowest BCUT2D eigenvalue weighted by atomic mass is 10.2. The average Bonchev–Trinajstić information content (AvgIpc) is 2.53. The van der Waals surface area contributed by atoms with Gasteiger partial charge in [-0.25, -0.2) is 8.42 Å². The van der Waals surface area contributed by atoms with Gasteiger partial charge in [-0.1, -0.05) is 18.0 Å². The van der Waals surface area contributed by atoms with Crippen molar-refractivity contribution < 1.29 is 16.8 Å². The van der Waals surface area contributed by atoms with Crippen LogP contribution in [0.3, 0.4) is 0 Å². The monoisotopic (exact) mass is 408 g/mol. The molecule has 140 valence electrons. The van der Waals surface area contributed by atoms with Crippen molar-refractivity contribution in [3.05, 3.63) is 17.2 Å². The molecule has 8 nitrogen and oxygen atoms in total. The quantitative estimate of drug-likeness (QED) is 0.447. The fourth-order valence-electron chi connectivity index (χ4n) is 2.43. The highest BCUT2D eigenvalue weighted by molar-refractivity contribution is 7.90. The van der Waals surface area contributed by atoms with Gasteiger partial charge in [0.05, 0.1) is 10.7 Å². The number of rotatable bonds is 5. The Morgan fingerprint density at radius 2 is 1.72 bits per heavy atom. The zero-order chi connectivity index (χ0) is 18.8. The topological polar surface area (TPSA) is 113 Å². The highest BCUT2D eigenvalue weighted by Gasteiger charge is 2.30. The first-order valence-corrected chi connectivity index (χ1v) is 10.9. The van der Waals surface area contributed by atoms with E-state index in [0.29, 0.717) is 13.1 Å². The predicted molar refractivity (Wildman–Crippen MR) is 97.8 cm³/mol. The molecule has 0 spiro atoms. The van der Waals surface area contributed by atoms with Crippen molar-refractivity contribution in [2.45, 2.75) is 29.1 Å². The molecule has 2 N–H and O–H groups in total. The van der Waals surface area contributed by atoms with Crippen LogP contribution in [0.5, 0.6) is 0 Å². The summed E-state index contributed by atoms with van der Waals surface area (Å²) >= 11 is 5.98. The van der Waals surface area contributed by atoms with E-state index in [1.54, 1.807) is 14.1 Å². The zero-order valence-corrected chi connectivity index (χ0v) is 16.4. The second-order valence-electron chi connectivity index (χ2n) is 5.94. The van der Waals surface area contributed by atoms with Crippen LogP contribution in [-0.2, 0) is 20.0 Å². The van der Waals surface area contributed by atoms with E-state index in [1.165, 1.54) is 9.21 Å². The third kappa shape index (κ3) is 4.43. The maximum absolute atomic E-state index is 12.8. The lowest BCUT2D eigenvalue weighted by Crippen LogP contribution is -2.36. The van der Waals surface area contributed by atoms with Crippen molar-refractivity contribution in [2.75, 3.05) is 32.9 Å². The Morgan fingerprint density at radius 1 is 1.12 bits per heavy atom. The minimum Gasteiger partial charge on any atom is -0.398 e. The molecule has 1 aromatic rings. The molecule has 1 heterocycles. The number of hydrogen-bond acceptors (Lipinski definition) is 5. The Hall–Kier alpha value is -1.36. The van der Waals surface area contributed by atoms with Crippen molar-refractivity contribution >= 4 is 43.7 Å². The minimum absolute atomic E-state index is 0.0916. The Balaban J connectivity index is 2.55. The summed E-state index contributed by atoms with van der Waals surface area (Å²) in [5.41, 5.74) is 5.73. The molecule has 2 rings (SSSR count). The maximum atomic E-state index is 12.8. The van der Waals surface area contributed by atoms with Gasteiger partial charge in [0, 0.05) is 27.2 Å². The number of anilines is 1. The molecule has 1 saturated heterocycles. The molecule has 0 radical (unpaired) electrons. The highest BCUT2D eigenvalue weighted by Crippen LogP contribution is 2.33. The number of benzene rings is 1. The van der Waals surface area contributed by atoms with Crippen LogP contribution in [-0.4, -0.2) is 59.6 Å². The SMILES string of the molecule is CN(C)/C=N/S(=O)(=O)c1cc(S(=O)(=O)N2CCCCC2)c(N)cc1Cl. The fraction of sp³-hybridized carbons (Fsp3) is 0.500. The Morgan fingerprint density at radius 3 is 2.28 bits per heavy atom. The van der Waals surface area contributed by atoms with Crippen LogP contribution in [0.1, 0.15) is 19.3 Å². The maximum Gasteiger partial charge on any atom is 0.285 e. The van der Waals surface area contributed by atoms with Gasteiger partial charge in [0.25, 0.3) is 10.0 Å². The van der Waals surface area contributed by atoms with Gasteiger partial charge < -0.3 is 10.6 Å². The Kier molecular flexibility index (Phi) is 5.97. The normalized spacial score (nSPS) is 17.1. The molecule has 0 unspecified atom stereocenters. The molecule has 25 heavy (non-hydrogen) atoms. The van der Waals surface area contributed by atoms with E-state index in [2.05, 4.69) is 4.40 Å². The van der Waals surface area contributed by atoms with Crippen LogP contribution in [0, 0.1) is 0 Å². The molecule has 0 bridgehead atoms. The van der Waals surface area contributed by atoms with Crippen LogP contribution < -0.4 is 5.73 Å². The zero-order valence-electron chi connectivity index (χ0n) is 14.0. The van der Waals surface area contributed by atoms with Crippen LogP contribution in [0.2, 0.25) is 5.02 Å². The van der Waals surface area contributed by atoms with Gasteiger partial charge in [0.2, 0.25) is 10.0 Å². The van der Waals surface area contributed by atoms with E-state index in [9.17, 15) is 16.8 Å². The molecule has 0 atom stereocenters. The third-order valence-electron chi connectivity index (χ3n) is 3.69. The summed E-state index contributed by atoms with van der Waals surface area (Å²) in [7, 11) is -4.85. The smallest absolute Gasteiger partial charge is 0.285 e. The average molecular weight is 409 g/mol. The van der Waals surface area contributed by atoms with E-state index in [1.807, 2.05) is 0 Å².